The van der Waals surface area contributed by atoms with Gasteiger partial charge in [-0.25, -0.2) is 0 Å². The van der Waals surface area contributed by atoms with Crippen LogP contribution in [0.15, 0.2) is 42.2 Å². The van der Waals surface area contributed by atoms with Gasteiger partial charge in [-0.15, -0.1) is 0 Å². The fourth-order valence-corrected chi connectivity index (χ4v) is 5.14. The molecule has 0 aromatic heterocycles. The molecule has 0 heterocycles. The van der Waals surface area contributed by atoms with Gasteiger partial charge in [-0.05, 0) is 66.6 Å². The van der Waals surface area contributed by atoms with Gasteiger partial charge in [0.05, 0.1) is 11.5 Å². The molecule has 2 aliphatic rings. The van der Waals surface area contributed by atoms with E-state index in [0.717, 1.165) is 53.5 Å². The summed E-state index contributed by atoms with van der Waals surface area (Å²) in [7, 11) is 0. The summed E-state index contributed by atoms with van der Waals surface area (Å²) < 4.78 is 5.92. The highest BCUT2D eigenvalue weighted by Gasteiger charge is 2.46. The van der Waals surface area contributed by atoms with Crippen molar-refractivity contribution >= 4 is 28.9 Å². The first-order valence-electron chi connectivity index (χ1n) is 11.2. The van der Waals surface area contributed by atoms with Crippen molar-refractivity contribution < 1.29 is 14.3 Å². The molecular weight excluding hydrogens is 408 g/mol. The predicted octanol–water partition coefficient (Wildman–Crippen LogP) is 6.92. The number of allylic oxidation sites excluding steroid dienone is 2. The fraction of sp³-hybridized carbons (Fsp3) is 0.407. The van der Waals surface area contributed by atoms with E-state index in [2.05, 4.69) is 12.1 Å². The van der Waals surface area contributed by atoms with Crippen molar-refractivity contribution in [1.82, 2.24) is 0 Å². The summed E-state index contributed by atoms with van der Waals surface area (Å²) in [6.45, 7) is 7.72. The number of aryl methyl sites for hydroxylation is 2. The van der Waals surface area contributed by atoms with Crippen molar-refractivity contribution in [2.75, 3.05) is 0 Å². The molecule has 31 heavy (non-hydrogen) atoms. The second-order valence-electron chi connectivity index (χ2n) is 9.17. The number of carbonyl (C=O) groups is 2. The van der Waals surface area contributed by atoms with Gasteiger partial charge in [0, 0.05) is 16.9 Å². The monoisotopic (exact) mass is 436 g/mol. The molecule has 3 nitrogen and oxygen atoms in total. The smallest absolute Gasteiger partial charge is 0.313 e. The van der Waals surface area contributed by atoms with Crippen LogP contribution in [0.5, 0.6) is 0 Å². The first kappa shape index (κ1) is 21.8. The molecule has 2 aromatic carbocycles. The predicted molar refractivity (Wildman–Crippen MR) is 125 cm³/mol. The van der Waals surface area contributed by atoms with E-state index in [1.54, 1.807) is 0 Å². The Labute approximate surface area is 189 Å². The van der Waals surface area contributed by atoms with E-state index < -0.39 is 0 Å². The van der Waals surface area contributed by atoms with E-state index in [9.17, 15) is 9.59 Å². The second kappa shape index (κ2) is 8.63. The molecule has 0 bridgehead atoms. The second-order valence-corrected chi connectivity index (χ2v) is 9.61. The molecule has 0 N–H and O–H groups in total. The molecule has 2 unspecified atom stereocenters. The van der Waals surface area contributed by atoms with E-state index >= 15 is 0 Å². The van der Waals surface area contributed by atoms with Crippen LogP contribution in [0.3, 0.4) is 0 Å². The lowest BCUT2D eigenvalue weighted by Crippen LogP contribution is -2.23. The lowest BCUT2D eigenvalue weighted by molar-refractivity contribution is -0.144. The molecule has 0 radical (unpaired) electrons. The molecule has 2 atom stereocenters. The molecule has 2 aromatic rings. The van der Waals surface area contributed by atoms with Gasteiger partial charge in [-0.1, -0.05) is 62.6 Å². The zero-order chi connectivity index (χ0) is 22.3. The number of halogens is 1. The number of hydrogen-bond donors (Lipinski definition) is 0. The number of rotatable bonds is 4. The van der Waals surface area contributed by atoms with Gasteiger partial charge in [0.15, 0.2) is 5.78 Å². The Morgan fingerprint density at radius 1 is 0.968 bits per heavy atom. The van der Waals surface area contributed by atoms with Crippen LogP contribution in [0.2, 0.25) is 5.02 Å². The number of ketones is 1. The summed E-state index contributed by atoms with van der Waals surface area (Å²) in [6.07, 6.45) is 3.90. The van der Waals surface area contributed by atoms with Crippen LogP contribution in [0.1, 0.15) is 56.2 Å². The SMILES string of the molecule is Cc1cc(-c2ccc(Cl)cc2)cc(C)c1C1=C(OC(=O)C(C)C)C2CCCCC2C1=O. The average molecular weight is 437 g/mol. The summed E-state index contributed by atoms with van der Waals surface area (Å²) in [5.74, 6) is 0.211. The molecule has 1 fully saturated rings. The fourth-order valence-electron chi connectivity index (χ4n) is 5.02. The Hall–Kier alpha value is -2.39. The van der Waals surface area contributed by atoms with Gasteiger partial charge in [0.25, 0.3) is 0 Å². The highest BCUT2D eigenvalue weighted by Crippen LogP contribution is 2.49. The van der Waals surface area contributed by atoms with Crippen molar-refractivity contribution in [3.05, 3.63) is 63.9 Å². The average Bonchev–Trinajstić information content (AvgIpc) is 3.00. The number of Topliss-reactive ketones (excluding diaryl/α,β-unsaturated/α-hetero) is 1. The zero-order valence-corrected chi connectivity index (χ0v) is 19.4. The van der Waals surface area contributed by atoms with E-state index in [1.807, 2.05) is 52.0 Å². The largest absolute Gasteiger partial charge is 0.430 e. The third kappa shape index (κ3) is 4.08. The minimum atomic E-state index is -0.264. The Kier molecular flexibility index (Phi) is 6.07. The third-order valence-corrected chi connectivity index (χ3v) is 6.83. The van der Waals surface area contributed by atoms with Crippen molar-refractivity contribution in [3.63, 3.8) is 0 Å². The number of benzene rings is 2. The van der Waals surface area contributed by atoms with Crippen LogP contribution in [0.25, 0.3) is 16.7 Å². The van der Waals surface area contributed by atoms with Gasteiger partial charge in [0.2, 0.25) is 0 Å². The number of esters is 1. The lowest BCUT2D eigenvalue weighted by atomic mass is 9.80. The van der Waals surface area contributed by atoms with Gasteiger partial charge in [-0.3, -0.25) is 9.59 Å². The Morgan fingerprint density at radius 3 is 2.13 bits per heavy atom. The third-order valence-electron chi connectivity index (χ3n) is 6.57. The first-order chi connectivity index (χ1) is 14.8. The standard InChI is InChI=1S/C27H29ClO3/c1-15(2)27(30)31-26-22-8-6-5-7-21(22)25(29)24(26)23-16(3)13-19(14-17(23)4)18-9-11-20(28)12-10-18/h9-15,21-22H,5-8H2,1-4H3. The first-order valence-corrected chi connectivity index (χ1v) is 11.5. The maximum absolute atomic E-state index is 13.5. The molecule has 0 aliphatic heterocycles. The van der Waals surface area contributed by atoms with E-state index in [-0.39, 0.29) is 29.5 Å². The van der Waals surface area contributed by atoms with Crippen LogP contribution < -0.4 is 0 Å². The molecule has 0 amide bonds. The lowest BCUT2D eigenvalue weighted by Gasteiger charge is -2.25. The van der Waals surface area contributed by atoms with Crippen molar-refractivity contribution in [2.24, 2.45) is 17.8 Å². The molecule has 2 aliphatic carbocycles. The van der Waals surface area contributed by atoms with Crippen molar-refractivity contribution in [3.8, 4) is 11.1 Å². The molecule has 162 valence electrons. The number of ether oxygens (including phenoxy) is 1. The van der Waals surface area contributed by atoms with Gasteiger partial charge in [0.1, 0.15) is 5.76 Å². The minimum absolute atomic E-state index is 0.0219. The molecule has 4 heteroatoms. The number of carbonyl (C=O) groups excluding carboxylic acids is 2. The van der Waals surface area contributed by atoms with E-state index in [1.165, 1.54) is 0 Å². The highest BCUT2D eigenvalue weighted by atomic mass is 35.5. The van der Waals surface area contributed by atoms with E-state index in [4.69, 9.17) is 16.3 Å². The maximum atomic E-state index is 13.5. The molecular formula is C27H29ClO3. The molecule has 0 saturated heterocycles. The molecule has 4 rings (SSSR count). The van der Waals surface area contributed by atoms with Crippen LogP contribution >= 0.6 is 11.6 Å². The minimum Gasteiger partial charge on any atom is -0.430 e. The van der Waals surface area contributed by atoms with Gasteiger partial charge >= 0.3 is 5.97 Å². The quantitative estimate of drug-likeness (QED) is 0.488. The van der Waals surface area contributed by atoms with Crippen molar-refractivity contribution in [2.45, 2.75) is 53.4 Å². The molecule has 1 saturated carbocycles. The zero-order valence-electron chi connectivity index (χ0n) is 18.6. The van der Waals surface area contributed by atoms with Gasteiger partial charge < -0.3 is 4.74 Å². The summed E-state index contributed by atoms with van der Waals surface area (Å²) in [5, 5.41) is 0.703. The Morgan fingerprint density at radius 2 is 1.55 bits per heavy atom. The van der Waals surface area contributed by atoms with Crippen LogP contribution in [0, 0.1) is 31.6 Å². The van der Waals surface area contributed by atoms with Gasteiger partial charge in [-0.2, -0.15) is 0 Å². The van der Waals surface area contributed by atoms with Crippen LogP contribution in [-0.4, -0.2) is 11.8 Å². The summed E-state index contributed by atoms with van der Waals surface area (Å²) >= 11 is 6.04. The Bertz CT molecular complexity index is 1040. The number of fused-ring (bicyclic) bond motifs is 1. The molecule has 0 spiro atoms. The summed E-state index contributed by atoms with van der Waals surface area (Å²) in [4.78, 5) is 26.0. The summed E-state index contributed by atoms with van der Waals surface area (Å²) in [5.41, 5.74) is 5.75. The van der Waals surface area contributed by atoms with Crippen LogP contribution in [-0.2, 0) is 14.3 Å². The normalized spacial score (nSPS) is 20.9. The van der Waals surface area contributed by atoms with Crippen molar-refractivity contribution in [1.29, 1.82) is 0 Å². The highest BCUT2D eigenvalue weighted by molar-refractivity contribution is 6.30. The maximum Gasteiger partial charge on any atom is 0.313 e. The summed E-state index contributed by atoms with van der Waals surface area (Å²) in [6, 6.07) is 12.0. The topological polar surface area (TPSA) is 43.4 Å². The number of hydrogen-bond acceptors (Lipinski definition) is 3. The van der Waals surface area contributed by atoms with Crippen LogP contribution in [0.4, 0.5) is 0 Å². The van der Waals surface area contributed by atoms with E-state index in [0.29, 0.717) is 16.4 Å². The Balaban J connectivity index is 1.83.